The molecule has 1 aromatic rings. The van der Waals surface area contributed by atoms with E-state index in [4.69, 9.17) is 0 Å². The van der Waals surface area contributed by atoms with E-state index < -0.39 is 10.8 Å². The second-order valence-electron chi connectivity index (χ2n) is 8.77. The Bertz CT molecular complexity index is 800. The first kappa shape index (κ1) is 19.2. The lowest BCUT2D eigenvalue weighted by Gasteiger charge is -2.45. The van der Waals surface area contributed by atoms with Crippen molar-refractivity contribution in [3.8, 4) is 0 Å². The number of amides is 2. The average molecular weight is 384 g/mol. The number of hydrogen-bond acceptors (Lipinski definition) is 2. The van der Waals surface area contributed by atoms with E-state index in [1.807, 2.05) is 24.1 Å². The molecule has 2 heterocycles. The Hall–Kier alpha value is -2.17. The summed E-state index contributed by atoms with van der Waals surface area (Å²) in [5.41, 5.74) is -0.369. The van der Waals surface area contributed by atoms with Crippen LogP contribution in [0, 0.1) is 11.2 Å². The topological polar surface area (TPSA) is 40.6 Å². The molecular formula is C23H29FN2O2. The Morgan fingerprint density at radius 1 is 1.11 bits per heavy atom. The second-order valence-corrected chi connectivity index (χ2v) is 8.77. The second kappa shape index (κ2) is 7.34. The number of nitrogens with zero attached hydrogens (tertiary/aromatic N) is 2. The monoisotopic (exact) mass is 384 g/mol. The summed E-state index contributed by atoms with van der Waals surface area (Å²) in [6.45, 7) is 1.77. The number of halogens is 1. The fourth-order valence-corrected chi connectivity index (χ4v) is 5.46. The van der Waals surface area contributed by atoms with Crippen LogP contribution in [0.2, 0.25) is 0 Å². The Kier molecular flexibility index (Phi) is 5.02. The molecule has 1 aliphatic carbocycles. The number of benzene rings is 1. The average Bonchev–Trinajstić information content (AvgIpc) is 3.17. The van der Waals surface area contributed by atoms with E-state index in [0.29, 0.717) is 26.1 Å². The van der Waals surface area contributed by atoms with E-state index in [1.165, 1.54) is 12.1 Å². The zero-order valence-electron chi connectivity index (χ0n) is 16.6. The summed E-state index contributed by atoms with van der Waals surface area (Å²) in [6, 6.07) is 6.54. The van der Waals surface area contributed by atoms with Crippen LogP contribution < -0.4 is 0 Å². The lowest BCUT2D eigenvalue weighted by Crippen LogP contribution is -2.56. The summed E-state index contributed by atoms with van der Waals surface area (Å²) >= 11 is 0. The highest BCUT2D eigenvalue weighted by atomic mass is 19.1. The third-order valence-corrected chi connectivity index (χ3v) is 6.96. The number of carbonyl (C=O) groups is 2. The van der Waals surface area contributed by atoms with Crippen LogP contribution in [0.4, 0.5) is 4.39 Å². The largest absolute Gasteiger partial charge is 0.341 e. The van der Waals surface area contributed by atoms with Crippen molar-refractivity contribution in [2.75, 3.05) is 26.7 Å². The van der Waals surface area contributed by atoms with Crippen molar-refractivity contribution < 1.29 is 14.0 Å². The van der Waals surface area contributed by atoms with Gasteiger partial charge in [0, 0.05) is 26.7 Å². The number of piperidine rings is 1. The molecule has 0 N–H and O–H groups in total. The van der Waals surface area contributed by atoms with Crippen LogP contribution in [0.15, 0.2) is 36.4 Å². The normalized spacial score (nSPS) is 27.3. The van der Waals surface area contributed by atoms with Gasteiger partial charge in [0.25, 0.3) is 0 Å². The van der Waals surface area contributed by atoms with Gasteiger partial charge in [-0.1, -0.05) is 37.1 Å². The van der Waals surface area contributed by atoms with Crippen molar-refractivity contribution in [3.63, 3.8) is 0 Å². The Labute approximate surface area is 166 Å². The molecule has 0 unspecified atom stereocenters. The standard InChI is InChI=1S/C23H29FN2O2/c1-25-14-5-4-10-22(20(25)27)11-7-15-26(17-22)21(28)23(12-2-3-13-23)18-8-6-9-19(24)16-18/h4-6,8-9,16H,2-3,7,10-15,17H2,1H3/t22-/m0/s1. The number of hydrogen-bond donors (Lipinski definition) is 0. The first-order valence-corrected chi connectivity index (χ1v) is 10.4. The highest BCUT2D eigenvalue weighted by Gasteiger charge is 2.50. The molecule has 1 saturated heterocycles. The predicted octanol–water partition coefficient (Wildman–Crippen LogP) is 3.66. The van der Waals surface area contributed by atoms with Crippen molar-refractivity contribution in [2.24, 2.45) is 5.41 Å². The minimum absolute atomic E-state index is 0.0818. The van der Waals surface area contributed by atoms with Crippen LogP contribution in [0.1, 0.15) is 50.5 Å². The third-order valence-electron chi connectivity index (χ3n) is 6.96. The van der Waals surface area contributed by atoms with Gasteiger partial charge in [-0.25, -0.2) is 4.39 Å². The molecule has 1 atom stereocenters. The van der Waals surface area contributed by atoms with Crippen molar-refractivity contribution in [2.45, 2.75) is 50.4 Å². The molecule has 28 heavy (non-hydrogen) atoms. The molecule has 150 valence electrons. The van der Waals surface area contributed by atoms with E-state index in [9.17, 15) is 14.0 Å². The van der Waals surface area contributed by atoms with Crippen molar-refractivity contribution in [1.82, 2.24) is 9.80 Å². The van der Waals surface area contributed by atoms with Gasteiger partial charge in [-0.3, -0.25) is 9.59 Å². The minimum Gasteiger partial charge on any atom is -0.341 e. The summed E-state index contributed by atoms with van der Waals surface area (Å²) in [5, 5.41) is 0. The molecule has 2 amide bonds. The van der Waals surface area contributed by atoms with Gasteiger partial charge in [0.2, 0.25) is 11.8 Å². The smallest absolute Gasteiger partial charge is 0.233 e. The molecule has 2 fully saturated rings. The summed E-state index contributed by atoms with van der Waals surface area (Å²) in [5.74, 6) is -0.0722. The predicted molar refractivity (Wildman–Crippen MR) is 106 cm³/mol. The number of likely N-dealkylation sites (tertiary alicyclic amines) is 1. The summed E-state index contributed by atoms with van der Waals surface area (Å²) in [7, 11) is 1.84. The van der Waals surface area contributed by atoms with Gasteiger partial charge >= 0.3 is 0 Å². The van der Waals surface area contributed by atoms with E-state index >= 15 is 0 Å². The summed E-state index contributed by atoms with van der Waals surface area (Å²) < 4.78 is 13.9. The Balaban J connectivity index is 1.65. The molecule has 3 aliphatic rings. The van der Waals surface area contributed by atoms with Gasteiger partial charge < -0.3 is 9.80 Å². The lowest BCUT2D eigenvalue weighted by atomic mass is 9.73. The molecule has 0 aromatic heterocycles. The van der Waals surface area contributed by atoms with Crippen LogP contribution in [-0.4, -0.2) is 48.3 Å². The van der Waals surface area contributed by atoms with Gasteiger partial charge in [0.1, 0.15) is 5.82 Å². The Morgan fingerprint density at radius 2 is 1.89 bits per heavy atom. The lowest BCUT2D eigenvalue weighted by molar-refractivity contribution is -0.149. The van der Waals surface area contributed by atoms with Gasteiger partial charge in [-0.05, 0) is 49.8 Å². The molecule has 1 saturated carbocycles. The van der Waals surface area contributed by atoms with Gasteiger partial charge in [0.15, 0.2) is 0 Å². The van der Waals surface area contributed by atoms with Crippen molar-refractivity contribution >= 4 is 11.8 Å². The van der Waals surface area contributed by atoms with E-state index in [0.717, 1.165) is 44.1 Å². The van der Waals surface area contributed by atoms with Crippen LogP contribution in [0.25, 0.3) is 0 Å². The molecule has 1 spiro atoms. The molecule has 0 bridgehead atoms. The zero-order chi connectivity index (χ0) is 19.8. The number of likely N-dealkylation sites (N-methyl/N-ethyl adjacent to an activating group) is 1. The summed E-state index contributed by atoms with van der Waals surface area (Å²) in [4.78, 5) is 30.6. The zero-order valence-corrected chi connectivity index (χ0v) is 16.6. The SMILES string of the molecule is CN1CC=CC[C@@]2(CCCN(C(=O)C3(c4cccc(F)c4)CCCC3)C2)C1=O. The molecule has 4 nitrogen and oxygen atoms in total. The van der Waals surface area contributed by atoms with Crippen LogP contribution in [-0.2, 0) is 15.0 Å². The molecule has 4 rings (SSSR count). The van der Waals surface area contributed by atoms with Crippen LogP contribution in [0.3, 0.4) is 0 Å². The molecule has 5 heteroatoms. The maximum Gasteiger partial charge on any atom is 0.233 e. The molecule has 1 aromatic carbocycles. The van der Waals surface area contributed by atoms with Crippen LogP contribution >= 0.6 is 0 Å². The minimum atomic E-state index is -0.643. The number of allylic oxidation sites excluding steroid dienone is 1. The Morgan fingerprint density at radius 3 is 2.64 bits per heavy atom. The molecule has 2 aliphatic heterocycles. The quantitative estimate of drug-likeness (QED) is 0.730. The first-order valence-electron chi connectivity index (χ1n) is 10.4. The first-order chi connectivity index (χ1) is 13.5. The maximum atomic E-state index is 13.9. The van der Waals surface area contributed by atoms with Gasteiger partial charge in [0.05, 0.1) is 10.8 Å². The third kappa shape index (κ3) is 3.15. The van der Waals surface area contributed by atoms with E-state index in [-0.39, 0.29) is 17.6 Å². The highest BCUT2D eigenvalue weighted by Crippen LogP contribution is 2.45. The summed E-state index contributed by atoms with van der Waals surface area (Å²) in [6.07, 6.45) is 9.94. The number of carbonyl (C=O) groups excluding carboxylic acids is 2. The van der Waals surface area contributed by atoms with E-state index in [2.05, 4.69) is 6.08 Å². The maximum absolute atomic E-state index is 13.9. The fourth-order valence-electron chi connectivity index (χ4n) is 5.46. The molecular weight excluding hydrogens is 355 g/mol. The van der Waals surface area contributed by atoms with E-state index in [1.54, 1.807) is 11.0 Å². The van der Waals surface area contributed by atoms with Crippen molar-refractivity contribution in [3.05, 3.63) is 47.8 Å². The highest BCUT2D eigenvalue weighted by molar-refractivity contribution is 5.90. The number of rotatable bonds is 2. The fraction of sp³-hybridized carbons (Fsp3) is 0.565. The van der Waals surface area contributed by atoms with Gasteiger partial charge in [-0.15, -0.1) is 0 Å². The molecule has 0 radical (unpaired) electrons. The van der Waals surface area contributed by atoms with Gasteiger partial charge in [-0.2, -0.15) is 0 Å². The van der Waals surface area contributed by atoms with Crippen LogP contribution in [0.5, 0.6) is 0 Å². The van der Waals surface area contributed by atoms with Crippen molar-refractivity contribution in [1.29, 1.82) is 0 Å².